The molecule has 0 radical (unpaired) electrons. The van der Waals surface area contributed by atoms with Crippen LogP contribution in [0, 0.1) is 12.8 Å². The maximum absolute atomic E-state index is 11.7. The molecule has 1 atom stereocenters. The first kappa shape index (κ1) is 15.2. The van der Waals surface area contributed by atoms with Crippen LogP contribution in [0.2, 0.25) is 0 Å². The van der Waals surface area contributed by atoms with Crippen LogP contribution in [0.15, 0.2) is 6.07 Å². The molecule has 1 aromatic heterocycles. The van der Waals surface area contributed by atoms with Crippen LogP contribution in [0.1, 0.15) is 26.1 Å². The third-order valence-electron chi connectivity index (χ3n) is 2.54. The molecule has 1 aromatic rings. The van der Waals surface area contributed by atoms with E-state index in [0.29, 0.717) is 29.9 Å². The Bertz CT molecular complexity index is 435. The van der Waals surface area contributed by atoms with Gasteiger partial charge in [0.1, 0.15) is 17.7 Å². The Hall–Kier alpha value is -1.85. The minimum absolute atomic E-state index is 0.302. The molecule has 6 heteroatoms. The minimum Gasteiger partial charge on any atom is -0.481 e. The average Bonchev–Trinajstić information content (AvgIpc) is 2.35. The van der Waals surface area contributed by atoms with Crippen LogP contribution in [0.4, 0.5) is 5.82 Å². The molecule has 19 heavy (non-hydrogen) atoms. The van der Waals surface area contributed by atoms with E-state index in [2.05, 4.69) is 15.3 Å². The van der Waals surface area contributed by atoms with Gasteiger partial charge in [0.25, 0.3) is 0 Å². The van der Waals surface area contributed by atoms with Crippen molar-refractivity contribution in [1.82, 2.24) is 9.97 Å². The number of methoxy groups -OCH3 is 2. The quantitative estimate of drug-likeness (QED) is 0.792. The molecule has 0 saturated carbocycles. The zero-order chi connectivity index (χ0) is 14.4. The largest absolute Gasteiger partial charge is 0.481 e. The number of aryl methyl sites for hydroxylation is 1. The summed E-state index contributed by atoms with van der Waals surface area (Å²) >= 11 is 0. The standard InChI is InChI=1S/C13H21N3O3/c1-8(2)6-10(13(17)19-5)16-11-7-12(18-4)15-9(3)14-11/h7-8,10H,6H2,1-5H3,(H,14,15,16). The highest BCUT2D eigenvalue weighted by atomic mass is 16.5. The molecule has 0 spiro atoms. The topological polar surface area (TPSA) is 73.3 Å². The number of carbonyl (C=O) groups excluding carboxylic acids is 1. The monoisotopic (exact) mass is 267 g/mol. The van der Waals surface area contributed by atoms with E-state index in [9.17, 15) is 4.79 Å². The Morgan fingerprint density at radius 2 is 2.05 bits per heavy atom. The number of aromatic nitrogens is 2. The third kappa shape index (κ3) is 4.73. The van der Waals surface area contributed by atoms with Crippen molar-refractivity contribution in [1.29, 1.82) is 0 Å². The van der Waals surface area contributed by atoms with Crippen molar-refractivity contribution in [3.8, 4) is 5.88 Å². The summed E-state index contributed by atoms with van der Waals surface area (Å²) in [5.41, 5.74) is 0. The Morgan fingerprint density at radius 3 is 2.58 bits per heavy atom. The Kier molecular flexibility index (Phi) is 5.54. The number of hydrogen-bond acceptors (Lipinski definition) is 6. The Balaban J connectivity index is 2.89. The first-order valence-electron chi connectivity index (χ1n) is 6.20. The van der Waals surface area contributed by atoms with Gasteiger partial charge in [0.15, 0.2) is 0 Å². The number of nitrogens with zero attached hydrogens (tertiary/aromatic N) is 2. The predicted molar refractivity (Wildman–Crippen MR) is 72.2 cm³/mol. The fourth-order valence-corrected chi connectivity index (χ4v) is 1.73. The molecule has 1 heterocycles. The van der Waals surface area contributed by atoms with Gasteiger partial charge in [-0.1, -0.05) is 13.8 Å². The van der Waals surface area contributed by atoms with Gasteiger partial charge in [0.2, 0.25) is 5.88 Å². The summed E-state index contributed by atoms with van der Waals surface area (Å²) in [6.45, 7) is 5.86. The molecule has 1 unspecified atom stereocenters. The van der Waals surface area contributed by atoms with Crippen LogP contribution in [0.25, 0.3) is 0 Å². The van der Waals surface area contributed by atoms with Gasteiger partial charge in [-0.2, -0.15) is 4.98 Å². The number of esters is 1. The van der Waals surface area contributed by atoms with E-state index in [4.69, 9.17) is 9.47 Å². The minimum atomic E-state index is -0.427. The zero-order valence-corrected chi connectivity index (χ0v) is 12.1. The number of carbonyl (C=O) groups is 1. The van der Waals surface area contributed by atoms with Crippen LogP contribution in [0.3, 0.4) is 0 Å². The van der Waals surface area contributed by atoms with E-state index < -0.39 is 6.04 Å². The van der Waals surface area contributed by atoms with Crippen LogP contribution >= 0.6 is 0 Å². The van der Waals surface area contributed by atoms with Gasteiger partial charge in [-0.3, -0.25) is 0 Å². The normalized spacial score (nSPS) is 12.1. The molecule has 0 aromatic carbocycles. The van der Waals surface area contributed by atoms with Gasteiger partial charge in [0, 0.05) is 6.07 Å². The molecule has 0 bridgehead atoms. The number of rotatable bonds is 6. The second kappa shape index (κ2) is 6.92. The SMILES string of the molecule is COC(=O)C(CC(C)C)Nc1cc(OC)nc(C)n1. The number of anilines is 1. The molecule has 0 amide bonds. The maximum atomic E-state index is 11.7. The summed E-state index contributed by atoms with van der Waals surface area (Å²) in [6.07, 6.45) is 0.665. The second-order valence-electron chi connectivity index (χ2n) is 4.69. The smallest absolute Gasteiger partial charge is 0.328 e. The lowest BCUT2D eigenvalue weighted by Gasteiger charge is -2.19. The van der Waals surface area contributed by atoms with E-state index in [1.807, 2.05) is 13.8 Å². The summed E-state index contributed by atoms with van der Waals surface area (Å²) in [7, 11) is 2.92. The maximum Gasteiger partial charge on any atom is 0.328 e. The summed E-state index contributed by atoms with van der Waals surface area (Å²) in [6, 6.07) is 1.23. The van der Waals surface area contributed by atoms with E-state index in [0.717, 1.165) is 0 Å². The third-order valence-corrected chi connectivity index (χ3v) is 2.54. The average molecular weight is 267 g/mol. The van der Waals surface area contributed by atoms with Gasteiger partial charge >= 0.3 is 5.97 Å². The molecular weight excluding hydrogens is 246 g/mol. The number of hydrogen-bond donors (Lipinski definition) is 1. The van der Waals surface area contributed by atoms with Gasteiger partial charge < -0.3 is 14.8 Å². The van der Waals surface area contributed by atoms with E-state index in [1.165, 1.54) is 14.2 Å². The molecule has 1 N–H and O–H groups in total. The van der Waals surface area contributed by atoms with Crippen LogP contribution in [-0.2, 0) is 9.53 Å². The van der Waals surface area contributed by atoms with E-state index >= 15 is 0 Å². The zero-order valence-electron chi connectivity index (χ0n) is 12.1. The fraction of sp³-hybridized carbons (Fsp3) is 0.615. The first-order valence-corrected chi connectivity index (χ1v) is 6.20. The summed E-state index contributed by atoms with van der Waals surface area (Å²) in [5.74, 6) is 1.66. The van der Waals surface area contributed by atoms with Gasteiger partial charge in [-0.15, -0.1) is 0 Å². The summed E-state index contributed by atoms with van der Waals surface area (Å²) in [4.78, 5) is 20.1. The van der Waals surface area contributed by atoms with Gasteiger partial charge in [0.05, 0.1) is 14.2 Å². The van der Waals surface area contributed by atoms with Gasteiger partial charge in [-0.05, 0) is 19.3 Å². The van der Waals surface area contributed by atoms with Crippen molar-refractivity contribution in [2.45, 2.75) is 33.2 Å². The Labute approximate surface area is 113 Å². The van der Waals surface area contributed by atoms with E-state index in [1.54, 1.807) is 13.0 Å². The molecule has 106 valence electrons. The lowest BCUT2D eigenvalue weighted by Crippen LogP contribution is -2.32. The highest BCUT2D eigenvalue weighted by Gasteiger charge is 2.21. The van der Waals surface area contributed by atoms with Crippen molar-refractivity contribution in [2.24, 2.45) is 5.92 Å². The highest BCUT2D eigenvalue weighted by molar-refractivity contribution is 5.78. The van der Waals surface area contributed by atoms with E-state index in [-0.39, 0.29) is 5.97 Å². The van der Waals surface area contributed by atoms with Crippen molar-refractivity contribution < 1.29 is 14.3 Å². The first-order chi connectivity index (χ1) is 8.96. The number of nitrogens with one attached hydrogen (secondary N) is 1. The molecule has 1 rings (SSSR count). The lowest BCUT2D eigenvalue weighted by molar-refractivity contribution is -0.141. The van der Waals surface area contributed by atoms with Crippen molar-refractivity contribution in [3.63, 3.8) is 0 Å². The molecular formula is C13H21N3O3. The van der Waals surface area contributed by atoms with Crippen LogP contribution in [0.5, 0.6) is 5.88 Å². The Morgan fingerprint density at radius 1 is 1.37 bits per heavy atom. The summed E-state index contributed by atoms with van der Waals surface area (Å²) in [5, 5.41) is 3.07. The predicted octanol–water partition coefficient (Wildman–Crippen LogP) is 1.79. The molecule has 0 aliphatic heterocycles. The van der Waals surface area contributed by atoms with Crippen LogP contribution < -0.4 is 10.1 Å². The van der Waals surface area contributed by atoms with Crippen molar-refractivity contribution >= 4 is 11.8 Å². The molecule has 6 nitrogen and oxygen atoms in total. The van der Waals surface area contributed by atoms with Crippen LogP contribution in [-0.4, -0.2) is 36.2 Å². The van der Waals surface area contributed by atoms with Gasteiger partial charge in [-0.25, -0.2) is 9.78 Å². The fourth-order valence-electron chi connectivity index (χ4n) is 1.73. The molecule has 0 fully saturated rings. The highest BCUT2D eigenvalue weighted by Crippen LogP contribution is 2.16. The molecule has 0 aliphatic rings. The van der Waals surface area contributed by atoms with Crippen molar-refractivity contribution in [3.05, 3.63) is 11.9 Å². The number of ether oxygens (including phenoxy) is 2. The molecule has 0 aliphatic carbocycles. The lowest BCUT2D eigenvalue weighted by atomic mass is 10.0. The summed E-state index contributed by atoms with van der Waals surface area (Å²) < 4.78 is 9.87. The van der Waals surface area contributed by atoms with Crippen molar-refractivity contribution in [2.75, 3.05) is 19.5 Å². The molecule has 0 saturated heterocycles. The second-order valence-corrected chi connectivity index (χ2v) is 4.69.